The molecule has 0 spiro atoms. The molecule has 124 valence electrons. The van der Waals surface area contributed by atoms with Crippen molar-refractivity contribution in [2.75, 3.05) is 4.90 Å². The lowest BCUT2D eigenvalue weighted by atomic mass is 9.56. The van der Waals surface area contributed by atoms with Gasteiger partial charge in [0, 0.05) is 16.8 Å². The molecule has 25 heavy (non-hydrogen) atoms. The van der Waals surface area contributed by atoms with Gasteiger partial charge in [-0.3, -0.25) is 19.3 Å². The van der Waals surface area contributed by atoms with Crippen LogP contribution in [0.4, 0.5) is 5.69 Å². The van der Waals surface area contributed by atoms with E-state index in [1.165, 1.54) is 4.90 Å². The van der Waals surface area contributed by atoms with Crippen LogP contribution in [0, 0.1) is 11.8 Å². The molecule has 1 heterocycles. The Labute approximate surface area is 153 Å². The number of nitrogens with zero attached hydrogens (tertiary/aromatic N) is 1. The van der Waals surface area contributed by atoms with Crippen molar-refractivity contribution in [3.05, 3.63) is 64.1 Å². The molecule has 0 aromatic heterocycles. The number of ketones is 1. The van der Waals surface area contributed by atoms with Gasteiger partial charge in [-0.05, 0) is 35.4 Å². The Morgan fingerprint density at radius 2 is 1.48 bits per heavy atom. The zero-order valence-electron chi connectivity index (χ0n) is 13.2. The minimum Gasteiger partial charge on any atom is -0.299 e. The van der Waals surface area contributed by atoms with Gasteiger partial charge in [0.25, 0.3) is 0 Å². The summed E-state index contributed by atoms with van der Waals surface area (Å²) in [5.41, 5.74) is 2.57. The Hall–Kier alpha value is -2.27. The van der Waals surface area contributed by atoms with Crippen LogP contribution in [0.25, 0.3) is 0 Å². The van der Waals surface area contributed by atoms with E-state index < -0.39 is 17.8 Å². The maximum Gasteiger partial charge on any atom is 0.238 e. The molecule has 2 bridgehead atoms. The molecule has 0 radical (unpaired) electrons. The molecule has 2 amide bonds. The molecule has 4 unspecified atom stereocenters. The number of carbonyl (C=O) groups is 3. The molecular formula is C20H14BrNO3. The average molecular weight is 396 g/mol. The van der Waals surface area contributed by atoms with Crippen molar-refractivity contribution in [2.24, 2.45) is 11.8 Å². The molecule has 6 rings (SSSR count). The molecule has 4 aliphatic rings. The van der Waals surface area contributed by atoms with Crippen molar-refractivity contribution in [3.63, 3.8) is 0 Å². The van der Waals surface area contributed by atoms with E-state index in [1.54, 1.807) is 12.1 Å². The van der Waals surface area contributed by atoms with Gasteiger partial charge in [0.05, 0.1) is 23.4 Å². The van der Waals surface area contributed by atoms with Crippen molar-refractivity contribution in [3.8, 4) is 0 Å². The lowest BCUT2D eigenvalue weighted by Gasteiger charge is -2.43. The molecule has 2 aromatic rings. The Morgan fingerprint density at radius 3 is 2.20 bits per heavy atom. The maximum absolute atomic E-state index is 13.1. The van der Waals surface area contributed by atoms with E-state index in [2.05, 4.69) is 15.9 Å². The highest BCUT2D eigenvalue weighted by Crippen LogP contribution is 2.57. The lowest BCUT2D eigenvalue weighted by Crippen LogP contribution is -2.44. The van der Waals surface area contributed by atoms with Gasteiger partial charge in [-0.15, -0.1) is 0 Å². The number of halogens is 1. The summed E-state index contributed by atoms with van der Waals surface area (Å²) < 4.78 is 0.885. The standard InChI is InChI=1S/C20H14BrNO3/c21-10-5-7-11(8-6-10)22-19(24)17-14-9-15(23)16(18(17)20(22)25)13-4-2-1-3-12(13)14/h1-8,14,16-18H,9H2. The number of Topliss-reactive ketones (excluding diaryl/α,β-unsaturated/α-hetero) is 1. The Bertz CT molecular complexity index is 936. The summed E-state index contributed by atoms with van der Waals surface area (Å²) in [6.07, 6.45) is 0.357. The first-order valence-electron chi connectivity index (χ1n) is 8.33. The molecule has 4 atom stereocenters. The van der Waals surface area contributed by atoms with Crippen LogP contribution in [0.1, 0.15) is 29.4 Å². The van der Waals surface area contributed by atoms with E-state index in [0.29, 0.717) is 12.1 Å². The van der Waals surface area contributed by atoms with E-state index in [0.717, 1.165) is 15.6 Å². The topological polar surface area (TPSA) is 54.5 Å². The molecule has 5 heteroatoms. The molecule has 0 N–H and O–H groups in total. The lowest BCUT2D eigenvalue weighted by molar-refractivity contribution is -0.134. The van der Waals surface area contributed by atoms with Crippen LogP contribution >= 0.6 is 15.9 Å². The summed E-state index contributed by atoms with van der Waals surface area (Å²) in [5.74, 6) is -1.97. The van der Waals surface area contributed by atoms with Crippen molar-refractivity contribution in [2.45, 2.75) is 18.3 Å². The highest BCUT2D eigenvalue weighted by Gasteiger charge is 2.62. The van der Waals surface area contributed by atoms with Gasteiger partial charge in [-0.25, -0.2) is 0 Å². The number of rotatable bonds is 1. The first kappa shape index (κ1) is 15.0. The summed E-state index contributed by atoms with van der Waals surface area (Å²) in [6, 6.07) is 14.9. The van der Waals surface area contributed by atoms with Crippen molar-refractivity contribution in [1.82, 2.24) is 0 Å². The van der Waals surface area contributed by atoms with Gasteiger partial charge >= 0.3 is 0 Å². The van der Waals surface area contributed by atoms with Gasteiger partial charge in [-0.2, -0.15) is 0 Å². The maximum atomic E-state index is 13.1. The number of amides is 2. The molecule has 2 fully saturated rings. The number of hydrogen-bond donors (Lipinski definition) is 0. The zero-order valence-corrected chi connectivity index (χ0v) is 14.8. The van der Waals surface area contributed by atoms with E-state index in [4.69, 9.17) is 0 Å². The van der Waals surface area contributed by atoms with Crippen LogP contribution in [0.5, 0.6) is 0 Å². The second kappa shape index (κ2) is 5.11. The fourth-order valence-electron chi connectivity index (χ4n) is 4.80. The summed E-state index contributed by atoms with van der Waals surface area (Å²) in [6.45, 7) is 0. The SMILES string of the molecule is O=C1CC2c3ccccc3C1C1C(=O)N(c3ccc(Br)cc3)C(=O)C21. The molecule has 1 saturated heterocycles. The minimum absolute atomic E-state index is 0.0868. The highest BCUT2D eigenvalue weighted by atomic mass is 79.9. The van der Waals surface area contributed by atoms with Gasteiger partial charge in [0.2, 0.25) is 11.8 Å². The number of fused-ring (bicyclic) bond motifs is 1. The third-order valence-corrected chi connectivity index (χ3v) is 6.30. The largest absolute Gasteiger partial charge is 0.299 e. The quantitative estimate of drug-likeness (QED) is 0.695. The van der Waals surface area contributed by atoms with Gasteiger partial charge in [0.1, 0.15) is 5.78 Å². The van der Waals surface area contributed by atoms with E-state index in [1.807, 2.05) is 36.4 Å². The van der Waals surface area contributed by atoms with Crippen LogP contribution in [-0.4, -0.2) is 17.6 Å². The smallest absolute Gasteiger partial charge is 0.238 e. The normalized spacial score (nSPS) is 29.8. The van der Waals surface area contributed by atoms with Gasteiger partial charge in [-0.1, -0.05) is 40.2 Å². The summed E-state index contributed by atoms with van der Waals surface area (Å²) in [7, 11) is 0. The number of benzene rings is 2. The summed E-state index contributed by atoms with van der Waals surface area (Å²) in [5, 5.41) is 0. The predicted octanol–water partition coefficient (Wildman–Crippen LogP) is 3.41. The Kier molecular flexibility index (Phi) is 3.07. The van der Waals surface area contributed by atoms with E-state index in [-0.39, 0.29) is 23.5 Å². The van der Waals surface area contributed by atoms with Crippen LogP contribution < -0.4 is 4.90 Å². The van der Waals surface area contributed by atoms with Crippen LogP contribution in [0.15, 0.2) is 53.0 Å². The summed E-state index contributed by atoms with van der Waals surface area (Å²) >= 11 is 3.37. The molecule has 1 saturated carbocycles. The van der Waals surface area contributed by atoms with E-state index >= 15 is 0 Å². The second-order valence-electron chi connectivity index (χ2n) is 6.92. The Morgan fingerprint density at radius 1 is 0.840 bits per heavy atom. The van der Waals surface area contributed by atoms with Crippen molar-refractivity contribution >= 4 is 39.2 Å². The first-order chi connectivity index (χ1) is 12.1. The molecule has 2 aromatic carbocycles. The summed E-state index contributed by atoms with van der Waals surface area (Å²) in [4.78, 5) is 40.1. The molecule has 1 aliphatic heterocycles. The first-order valence-corrected chi connectivity index (χ1v) is 9.12. The average Bonchev–Trinajstić information content (AvgIpc) is 2.88. The minimum atomic E-state index is -0.558. The fraction of sp³-hybridized carbons (Fsp3) is 0.250. The Balaban J connectivity index is 1.65. The number of hydrogen-bond acceptors (Lipinski definition) is 3. The monoisotopic (exact) mass is 395 g/mol. The van der Waals surface area contributed by atoms with Crippen molar-refractivity contribution < 1.29 is 14.4 Å². The van der Waals surface area contributed by atoms with Crippen molar-refractivity contribution in [1.29, 1.82) is 0 Å². The zero-order chi connectivity index (χ0) is 17.3. The van der Waals surface area contributed by atoms with Gasteiger partial charge < -0.3 is 0 Å². The molecular weight excluding hydrogens is 382 g/mol. The third-order valence-electron chi connectivity index (χ3n) is 5.77. The molecule has 3 aliphatic carbocycles. The van der Waals surface area contributed by atoms with E-state index in [9.17, 15) is 14.4 Å². The fourth-order valence-corrected chi connectivity index (χ4v) is 5.07. The van der Waals surface area contributed by atoms with Crippen LogP contribution in [0.2, 0.25) is 0 Å². The number of imide groups is 1. The highest BCUT2D eigenvalue weighted by molar-refractivity contribution is 9.10. The second-order valence-corrected chi connectivity index (χ2v) is 7.84. The predicted molar refractivity (Wildman–Crippen MR) is 95.2 cm³/mol. The van der Waals surface area contributed by atoms with Gasteiger partial charge in [0.15, 0.2) is 0 Å². The number of anilines is 1. The van der Waals surface area contributed by atoms with Crippen LogP contribution in [-0.2, 0) is 14.4 Å². The van der Waals surface area contributed by atoms with Crippen LogP contribution in [0.3, 0.4) is 0 Å². The number of carbonyl (C=O) groups excluding carboxylic acids is 3. The molecule has 4 nitrogen and oxygen atoms in total. The third kappa shape index (κ3) is 1.90.